The van der Waals surface area contributed by atoms with Gasteiger partial charge in [0.25, 0.3) is 5.91 Å². The molecule has 0 fully saturated rings. The van der Waals surface area contributed by atoms with Gasteiger partial charge in [0.05, 0.1) is 0 Å². The molecule has 1 rings (SSSR count). The molecule has 2 N–H and O–H groups in total. The highest BCUT2D eigenvalue weighted by atomic mass is 16.1. The van der Waals surface area contributed by atoms with Crippen molar-refractivity contribution < 1.29 is 4.79 Å². The van der Waals surface area contributed by atoms with Gasteiger partial charge in [-0.15, -0.1) is 0 Å². The predicted octanol–water partition coefficient (Wildman–Crippen LogP) is 3.59. The second-order valence-corrected chi connectivity index (χ2v) is 5.21. The molecule has 0 saturated carbocycles. The Hall–Kier alpha value is -1.51. The Morgan fingerprint density at radius 2 is 1.95 bits per heavy atom. The van der Waals surface area contributed by atoms with Crippen LogP contribution in [-0.2, 0) is 0 Å². The maximum Gasteiger partial charge on any atom is 0.251 e. The van der Waals surface area contributed by atoms with Gasteiger partial charge in [0, 0.05) is 23.8 Å². The quantitative estimate of drug-likeness (QED) is 0.822. The molecule has 0 aliphatic heterocycles. The Morgan fingerprint density at radius 1 is 1.26 bits per heavy atom. The van der Waals surface area contributed by atoms with Crippen molar-refractivity contribution in [3.8, 4) is 0 Å². The summed E-state index contributed by atoms with van der Waals surface area (Å²) in [5, 5.41) is 6.33. The van der Waals surface area contributed by atoms with Gasteiger partial charge in [0.1, 0.15) is 0 Å². The maximum absolute atomic E-state index is 12.2. The van der Waals surface area contributed by atoms with Crippen LogP contribution in [0, 0.1) is 12.8 Å². The average molecular weight is 262 g/mol. The van der Waals surface area contributed by atoms with Crippen molar-refractivity contribution >= 4 is 11.6 Å². The second kappa shape index (κ2) is 7.17. The molecule has 0 spiro atoms. The van der Waals surface area contributed by atoms with E-state index in [1.807, 2.05) is 25.1 Å². The van der Waals surface area contributed by atoms with Crippen molar-refractivity contribution in [2.24, 2.45) is 5.92 Å². The van der Waals surface area contributed by atoms with E-state index < -0.39 is 0 Å². The summed E-state index contributed by atoms with van der Waals surface area (Å²) in [5.74, 6) is 0.513. The molecule has 0 aromatic heterocycles. The summed E-state index contributed by atoms with van der Waals surface area (Å²) in [6.07, 6.45) is 1.07. The normalized spacial score (nSPS) is 13.7. The molecule has 0 bridgehead atoms. The van der Waals surface area contributed by atoms with Crippen molar-refractivity contribution in [3.05, 3.63) is 29.3 Å². The minimum Gasteiger partial charge on any atom is -0.385 e. The van der Waals surface area contributed by atoms with E-state index in [0.29, 0.717) is 5.92 Å². The second-order valence-electron chi connectivity index (χ2n) is 5.21. The standard InChI is InChI=1S/C16H26N2O/c1-6-11(3)13(5)18-16(19)15-9-8-14(17-7-2)10-12(15)4/h8-11,13,17H,6-7H2,1-5H3,(H,18,19). The number of carbonyl (C=O) groups is 1. The van der Waals surface area contributed by atoms with Crippen molar-refractivity contribution in [2.45, 2.75) is 47.1 Å². The highest BCUT2D eigenvalue weighted by Crippen LogP contribution is 2.16. The lowest BCUT2D eigenvalue weighted by molar-refractivity contribution is 0.0927. The Balaban J connectivity index is 2.77. The zero-order valence-corrected chi connectivity index (χ0v) is 12.7. The number of anilines is 1. The average Bonchev–Trinajstić information content (AvgIpc) is 2.38. The topological polar surface area (TPSA) is 41.1 Å². The summed E-state index contributed by atoms with van der Waals surface area (Å²) in [6, 6.07) is 6.07. The van der Waals surface area contributed by atoms with E-state index in [-0.39, 0.29) is 11.9 Å². The molecule has 1 aromatic carbocycles. The van der Waals surface area contributed by atoms with Gasteiger partial charge in [-0.1, -0.05) is 20.3 Å². The summed E-state index contributed by atoms with van der Waals surface area (Å²) in [6.45, 7) is 11.3. The van der Waals surface area contributed by atoms with Crippen LogP contribution in [0.4, 0.5) is 5.69 Å². The van der Waals surface area contributed by atoms with Crippen LogP contribution in [0.2, 0.25) is 0 Å². The van der Waals surface area contributed by atoms with Gasteiger partial charge in [0.15, 0.2) is 0 Å². The third-order valence-corrected chi connectivity index (χ3v) is 3.71. The van der Waals surface area contributed by atoms with Gasteiger partial charge in [-0.2, -0.15) is 0 Å². The molecule has 1 amide bonds. The molecule has 0 aliphatic rings. The number of aryl methyl sites for hydroxylation is 1. The van der Waals surface area contributed by atoms with Crippen LogP contribution in [0.5, 0.6) is 0 Å². The summed E-state index contributed by atoms with van der Waals surface area (Å²) in [5.41, 5.74) is 2.83. The Bertz CT molecular complexity index is 429. The molecule has 106 valence electrons. The summed E-state index contributed by atoms with van der Waals surface area (Å²) in [4.78, 5) is 12.2. The number of amides is 1. The minimum atomic E-state index is 0.0216. The summed E-state index contributed by atoms with van der Waals surface area (Å²) in [7, 11) is 0. The van der Waals surface area contributed by atoms with Gasteiger partial charge in [-0.3, -0.25) is 4.79 Å². The molecule has 0 aliphatic carbocycles. The molecular formula is C16H26N2O. The lowest BCUT2D eigenvalue weighted by Crippen LogP contribution is -2.37. The first kappa shape index (κ1) is 15.5. The van der Waals surface area contributed by atoms with E-state index in [1.165, 1.54) is 0 Å². The largest absolute Gasteiger partial charge is 0.385 e. The van der Waals surface area contributed by atoms with E-state index in [4.69, 9.17) is 0 Å². The lowest BCUT2D eigenvalue weighted by Gasteiger charge is -2.20. The van der Waals surface area contributed by atoms with Crippen LogP contribution in [0.15, 0.2) is 18.2 Å². The van der Waals surface area contributed by atoms with Gasteiger partial charge < -0.3 is 10.6 Å². The lowest BCUT2D eigenvalue weighted by atomic mass is 10.00. The van der Waals surface area contributed by atoms with Crippen LogP contribution >= 0.6 is 0 Å². The van der Waals surface area contributed by atoms with Crippen molar-refractivity contribution in [2.75, 3.05) is 11.9 Å². The third kappa shape index (κ3) is 4.27. The molecule has 1 aromatic rings. The highest BCUT2D eigenvalue weighted by Gasteiger charge is 2.15. The number of benzene rings is 1. The Labute approximate surface area is 116 Å². The van der Waals surface area contributed by atoms with E-state index in [9.17, 15) is 4.79 Å². The zero-order chi connectivity index (χ0) is 14.4. The van der Waals surface area contributed by atoms with Gasteiger partial charge in [-0.25, -0.2) is 0 Å². The van der Waals surface area contributed by atoms with E-state index in [1.54, 1.807) is 0 Å². The number of nitrogens with one attached hydrogen (secondary N) is 2. The number of rotatable bonds is 6. The Kier molecular flexibility index (Phi) is 5.87. The monoisotopic (exact) mass is 262 g/mol. The summed E-state index contributed by atoms with van der Waals surface area (Å²) < 4.78 is 0. The first-order valence-electron chi connectivity index (χ1n) is 7.14. The van der Waals surface area contributed by atoms with Crippen molar-refractivity contribution in [1.82, 2.24) is 5.32 Å². The highest BCUT2D eigenvalue weighted by molar-refractivity contribution is 5.96. The molecule has 19 heavy (non-hydrogen) atoms. The first-order valence-corrected chi connectivity index (χ1v) is 7.14. The molecule has 3 heteroatoms. The summed E-state index contributed by atoms with van der Waals surface area (Å²) >= 11 is 0. The molecule has 3 nitrogen and oxygen atoms in total. The Morgan fingerprint density at radius 3 is 2.47 bits per heavy atom. The van der Waals surface area contributed by atoms with Crippen LogP contribution in [0.25, 0.3) is 0 Å². The number of hydrogen-bond donors (Lipinski definition) is 2. The van der Waals surface area contributed by atoms with E-state index in [0.717, 1.165) is 29.8 Å². The fraction of sp³-hybridized carbons (Fsp3) is 0.562. The fourth-order valence-corrected chi connectivity index (χ4v) is 2.01. The van der Waals surface area contributed by atoms with E-state index in [2.05, 4.69) is 38.3 Å². The van der Waals surface area contributed by atoms with E-state index >= 15 is 0 Å². The number of carbonyl (C=O) groups excluding carboxylic acids is 1. The zero-order valence-electron chi connectivity index (χ0n) is 12.7. The molecule has 0 saturated heterocycles. The molecule has 0 radical (unpaired) electrons. The van der Waals surface area contributed by atoms with Gasteiger partial charge in [-0.05, 0) is 50.5 Å². The molecule has 2 unspecified atom stereocenters. The maximum atomic E-state index is 12.2. The molecular weight excluding hydrogens is 236 g/mol. The van der Waals surface area contributed by atoms with Gasteiger partial charge in [0.2, 0.25) is 0 Å². The smallest absolute Gasteiger partial charge is 0.251 e. The molecule has 2 atom stereocenters. The predicted molar refractivity (Wildman–Crippen MR) is 81.7 cm³/mol. The minimum absolute atomic E-state index is 0.0216. The van der Waals surface area contributed by atoms with Crippen LogP contribution < -0.4 is 10.6 Å². The number of hydrogen-bond acceptors (Lipinski definition) is 2. The van der Waals surface area contributed by atoms with Gasteiger partial charge >= 0.3 is 0 Å². The first-order chi connectivity index (χ1) is 8.99. The fourth-order valence-electron chi connectivity index (χ4n) is 2.01. The van der Waals surface area contributed by atoms with Crippen LogP contribution in [-0.4, -0.2) is 18.5 Å². The SMILES string of the molecule is CCNc1ccc(C(=O)NC(C)C(C)CC)c(C)c1. The third-order valence-electron chi connectivity index (χ3n) is 3.71. The van der Waals surface area contributed by atoms with Crippen LogP contribution in [0.3, 0.4) is 0 Å². The molecule has 0 heterocycles. The van der Waals surface area contributed by atoms with Crippen molar-refractivity contribution in [1.29, 1.82) is 0 Å². The van der Waals surface area contributed by atoms with Crippen molar-refractivity contribution in [3.63, 3.8) is 0 Å². The van der Waals surface area contributed by atoms with Crippen LogP contribution in [0.1, 0.15) is 50.0 Å².